The number of aryl methyl sites for hydroxylation is 2. The van der Waals surface area contributed by atoms with E-state index in [1.54, 1.807) is 76.1 Å². The van der Waals surface area contributed by atoms with E-state index in [1.807, 2.05) is 0 Å². The van der Waals surface area contributed by atoms with Crippen LogP contribution >= 0.6 is 0 Å². The number of fused-ring (bicyclic) bond motifs is 3. The first-order valence-corrected chi connectivity index (χ1v) is 14.8. The Balaban J connectivity index is 1.35. The molecule has 39 heavy (non-hydrogen) atoms. The first-order chi connectivity index (χ1) is 19.3. The molecule has 2 fully saturated rings. The molecule has 0 bridgehead atoms. The monoisotopic (exact) mass is 500 g/mol. The lowest BCUT2D eigenvalue weighted by atomic mass is 9.83. The standard InChI is InChI=1S/C36H20O3/c1-4-36(37-5-1)38-34-18-10-16-8-14-6-12-2-3-13-7-15-9-17-11-19(35(34)39-36)27-26(18)30-24(16)22(14)28-20(12)21(13)29-23(15)25(17)31(27)33(30)32(28)29/h6-7,10-11,34-35H,1-5,8-9H2. The summed E-state index contributed by atoms with van der Waals surface area (Å²) in [5.41, 5.74) is 12.0. The molecule has 6 aliphatic rings. The Morgan fingerprint density at radius 1 is 0.487 bits per heavy atom. The van der Waals surface area contributed by atoms with Crippen molar-refractivity contribution in [1.29, 1.82) is 0 Å². The Hall–Kier alpha value is -3.50. The molecule has 2 aliphatic heterocycles. The van der Waals surface area contributed by atoms with Gasteiger partial charge in [-0.05, 0) is 152 Å². The van der Waals surface area contributed by atoms with Crippen LogP contribution in [0.3, 0.4) is 0 Å². The van der Waals surface area contributed by atoms with Crippen LogP contribution in [-0.2, 0) is 39.9 Å². The van der Waals surface area contributed by atoms with Crippen LogP contribution in [0.5, 0.6) is 0 Å². The van der Waals surface area contributed by atoms with Gasteiger partial charge in [0.25, 0.3) is 5.97 Å². The van der Waals surface area contributed by atoms with Crippen LogP contribution in [0.2, 0.25) is 0 Å². The average molecular weight is 501 g/mol. The van der Waals surface area contributed by atoms with Gasteiger partial charge < -0.3 is 14.2 Å². The molecule has 182 valence electrons. The molecule has 2 saturated heterocycles. The maximum atomic E-state index is 6.85. The van der Waals surface area contributed by atoms with Crippen molar-refractivity contribution in [2.24, 2.45) is 0 Å². The third kappa shape index (κ3) is 1.49. The molecular weight excluding hydrogens is 480 g/mol. The topological polar surface area (TPSA) is 27.7 Å². The summed E-state index contributed by atoms with van der Waals surface area (Å²) in [6.45, 7) is 0.714. The van der Waals surface area contributed by atoms with Crippen LogP contribution in [0.25, 0.3) is 75.4 Å². The van der Waals surface area contributed by atoms with Crippen LogP contribution in [0.4, 0.5) is 0 Å². The zero-order valence-electron chi connectivity index (χ0n) is 21.1. The van der Waals surface area contributed by atoms with E-state index in [-0.39, 0.29) is 12.2 Å². The van der Waals surface area contributed by atoms with Gasteiger partial charge in [-0.1, -0.05) is 24.3 Å². The van der Waals surface area contributed by atoms with Crippen LogP contribution in [0.15, 0.2) is 24.3 Å². The minimum atomic E-state index is -0.884. The lowest BCUT2D eigenvalue weighted by Crippen LogP contribution is -2.28. The fraction of sp³-hybridized carbons (Fsp3) is 0.278. The highest BCUT2D eigenvalue weighted by Gasteiger charge is 2.55. The van der Waals surface area contributed by atoms with E-state index >= 15 is 0 Å². The lowest BCUT2D eigenvalue weighted by molar-refractivity contribution is -0.319. The van der Waals surface area contributed by atoms with Gasteiger partial charge in [0.1, 0.15) is 12.2 Å². The first-order valence-electron chi connectivity index (χ1n) is 14.8. The molecule has 0 aromatic heterocycles. The van der Waals surface area contributed by atoms with Crippen LogP contribution < -0.4 is 0 Å². The molecule has 0 N–H and O–H groups in total. The van der Waals surface area contributed by atoms with Crippen molar-refractivity contribution in [1.82, 2.24) is 0 Å². The average Bonchev–Trinajstić information content (AvgIpc) is 3.77. The Bertz CT molecular complexity index is 2400. The molecule has 1 spiro atoms. The van der Waals surface area contributed by atoms with Gasteiger partial charge in [0.2, 0.25) is 0 Å². The van der Waals surface area contributed by atoms with Crippen LogP contribution in [0, 0.1) is 0 Å². The SMILES string of the molecule is c1c2c3c4c(cc5c6c7c(cc8c9c%10c(cc%11c%12c(c1C%11)c3c(c46)c(c%12%10)c79)C1OC3(CCCO3)OC81)C5)CC2. The summed E-state index contributed by atoms with van der Waals surface area (Å²) in [5, 5.41) is 21.7. The molecular formula is C36H20O3. The highest BCUT2D eigenvalue weighted by molar-refractivity contribution is 6.56. The summed E-state index contributed by atoms with van der Waals surface area (Å²) in [6, 6.07) is 10.2. The summed E-state index contributed by atoms with van der Waals surface area (Å²) >= 11 is 0. The highest BCUT2D eigenvalue weighted by atomic mass is 16.9. The molecule has 2 atom stereocenters. The van der Waals surface area contributed by atoms with Crippen molar-refractivity contribution in [3.63, 3.8) is 0 Å². The van der Waals surface area contributed by atoms with Gasteiger partial charge in [0.15, 0.2) is 0 Å². The minimum absolute atomic E-state index is 0.111. The van der Waals surface area contributed by atoms with Gasteiger partial charge >= 0.3 is 0 Å². The molecule has 2 heterocycles. The zero-order chi connectivity index (χ0) is 24.3. The van der Waals surface area contributed by atoms with Gasteiger partial charge in [-0.3, -0.25) is 0 Å². The quantitative estimate of drug-likeness (QED) is 0.197. The van der Waals surface area contributed by atoms with E-state index in [9.17, 15) is 0 Å². The van der Waals surface area contributed by atoms with Crippen molar-refractivity contribution < 1.29 is 14.2 Å². The molecule has 4 aliphatic carbocycles. The van der Waals surface area contributed by atoms with Crippen molar-refractivity contribution in [2.75, 3.05) is 6.61 Å². The molecule has 3 nitrogen and oxygen atoms in total. The van der Waals surface area contributed by atoms with Crippen molar-refractivity contribution in [3.8, 4) is 0 Å². The Labute approximate surface area is 221 Å². The van der Waals surface area contributed by atoms with Gasteiger partial charge in [-0.15, -0.1) is 0 Å². The van der Waals surface area contributed by atoms with E-state index in [2.05, 4.69) is 24.3 Å². The van der Waals surface area contributed by atoms with Gasteiger partial charge in [-0.25, -0.2) is 0 Å². The zero-order valence-corrected chi connectivity index (χ0v) is 21.1. The maximum absolute atomic E-state index is 6.85. The molecule has 8 aromatic carbocycles. The normalized spacial score (nSPS) is 27.6. The summed E-state index contributed by atoms with van der Waals surface area (Å²) in [6.07, 6.45) is 6.00. The largest absolute Gasteiger partial charge is 0.327 e. The maximum Gasteiger partial charge on any atom is 0.284 e. The Morgan fingerprint density at radius 3 is 1.41 bits per heavy atom. The fourth-order valence-corrected chi connectivity index (χ4v) is 11.0. The number of rotatable bonds is 0. The van der Waals surface area contributed by atoms with Crippen molar-refractivity contribution in [3.05, 3.63) is 68.8 Å². The summed E-state index contributed by atoms with van der Waals surface area (Å²) in [7, 11) is 0. The molecule has 14 rings (SSSR count). The van der Waals surface area contributed by atoms with Crippen molar-refractivity contribution in [2.45, 2.75) is 56.7 Å². The summed E-state index contributed by atoms with van der Waals surface area (Å²) in [4.78, 5) is 0. The van der Waals surface area contributed by atoms with E-state index in [0.29, 0.717) is 6.61 Å². The van der Waals surface area contributed by atoms with Crippen molar-refractivity contribution >= 4 is 75.4 Å². The first kappa shape index (κ1) is 18.0. The third-order valence-corrected chi connectivity index (χ3v) is 12.0. The second-order valence-electron chi connectivity index (χ2n) is 13.5. The second-order valence-corrected chi connectivity index (χ2v) is 13.5. The molecule has 8 aromatic rings. The third-order valence-electron chi connectivity index (χ3n) is 12.0. The number of benzene rings is 6. The lowest BCUT2D eigenvalue weighted by Gasteiger charge is -2.25. The fourth-order valence-electron chi connectivity index (χ4n) is 11.0. The van der Waals surface area contributed by atoms with Crippen LogP contribution in [-0.4, -0.2) is 12.6 Å². The number of hydrogen-bond donors (Lipinski definition) is 0. The predicted molar refractivity (Wildman–Crippen MR) is 152 cm³/mol. The number of ether oxygens (including phenoxy) is 3. The highest BCUT2D eigenvalue weighted by Crippen LogP contribution is 2.66. The van der Waals surface area contributed by atoms with E-state index in [4.69, 9.17) is 14.2 Å². The van der Waals surface area contributed by atoms with Crippen LogP contribution in [0.1, 0.15) is 69.6 Å². The molecule has 0 radical (unpaired) electrons. The summed E-state index contributed by atoms with van der Waals surface area (Å²) < 4.78 is 19.9. The van der Waals surface area contributed by atoms with Gasteiger partial charge in [0, 0.05) is 6.42 Å². The Kier molecular flexibility index (Phi) is 2.28. The Morgan fingerprint density at radius 2 is 0.923 bits per heavy atom. The minimum Gasteiger partial charge on any atom is -0.327 e. The van der Waals surface area contributed by atoms with Gasteiger partial charge in [-0.2, -0.15) is 0 Å². The smallest absolute Gasteiger partial charge is 0.284 e. The predicted octanol–water partition coefficient (Wildman–Crippen LogP) is 8.02. The number of hydrogen-bond acceptors (Lipinski definition) is 3. The van der Waals surface area contributed by atoms with E-state index in [1.165, 1.54) is 56.6 Å². The molecule has 2 unspecified atom stereocenters. The van der Waals surface area contributed by atoms with E-state index in [0.717, 1.165) is 25.7 Å². The molecule has 3 heteroatoms. The van der Waals surface area contributed by atoms with E-state index < -0.39 is 5.97 Å². The van der Waals surface area contributed by atoms with Gasteiger partial charge in [0.05, 0.1) is 6.61 Å². The summed E-state index contributed by atoms with van der Waals surface area (Å²) in [5.74, 6) is -0.884. The molecule has 0 amide bonds. The second kappa shape index (κ2) is 4.94. The molecule has 0 saturated carbocycles.